The number of carbonyl (C=O) groups excluding carboxylic acids is 1. The Bertz CT molecular complexity index is 209. The van der Waals surface area contributed by atoms with Gasteiger partial charge in [0.15, 0.2) is 0 Å². The Morgan fingerprint density at radius 1 is 1.00 bits per heavy atom. The molecule has 2 nitrogen and oxygen atoms in total. The van der Waals surface area contributed by atoms with Crippen LogP contribution in [0.3, 0.4) is 0 Å². The quantitative estimate of drug-likeness (QED) is 0.652. The van der Waals surface area contributed by atoms with Crippen molar-refractivity contribution in [2.45, 2.75) is 51.4 Å². The highest BCUT2D eigenvalue weighted by atomic mass is 16.1. The van der Waals surface area contributed by atoms with Crippen molar-refractivity contribution in [3.8, 4) is 0 Å². The molecule has 0 aromatic carbocycles. The van der Waals surface area contributed by atoms with Gasteiger partial charge in [0, 0.05) is 18.9 Å². The van der Waals surface area contributed by atoms with E-state index < -0.39 is 0 Å². The van der Waals surface area contributed by atoms with Crippen LogP contribution in [-0.2, 0) is 4.79 Å². The first kappa shape index (κ1) is 11.1. The zero-order valence-corrected chi connectivity index (χ0v) is 9.71. The fourth-order valence-electron chi connectivity index (χ4n) is 2.88. The maximum absolute atomic E-state index is 11.9. The standard InChI is InChI=1S/C13H23NO/c15-13-8-4-1-3-7-12(13)11-14-9-5-2-6-10-14/h12H,1-11H2/t12-/m1/s1. The zero-order valence-electron chi connectivity index (χ0n) is 9.71. The van der Waals surface area contributed by atoms with Gasteiger partial charge in [-0.3, -0.25) is 4.79 Å². The molecule has 0 aromatic rings. The molecule has 0 bridgehead atoms. The molecule has 0 radical (unpaired) electrons. The molecule has 2 rings (SSSR count). The molecule has 0 aromatic heterocycles. The molecular weight excluding hydrogens is 186 g/mol. The molecule has 0 unspecified atom stereocenters. The maximum atomic E-state index is 11.9. The number of nitrogens with zero attached hydrogens (tertiary/aromatic N) is 1. The molecule has 1 aliphatic carbocycles. The van der Waals surface area contributed by atoms with Gasteiger partial charge in [0.05, 0.1) is 0 Å². The van der Waals surface area contributed by atoms with Gasteiger partial charge in [-0.25, -0.2) is 0 Å². The van der Waals surface area contributed by atoms with E-state index in [2.05, 4.69) is 4.90 Å². The lowest BCUT2D eigenvalue weighted by Gasteiger charge is -2.29. The number of carbonyl (C=O) groups is 1. The van der Waals surface area contributed by atoms with Crippen molar-refractivity contribution in [1.29, 1.82) is 0 Å². The number of hydrogen-bond acceptors (Lipinski definition) is 2. The summed E-state index contributed by atoms with van der Waals surface area (Å²) in [6.07, 6.45) is 9.71. The summed E-state index contributed by atoms with van der Waals surface area (Å²) in [7, 11) is 0. The van der Waals surface area contributed by atoms with Crippen molar-refractivity contribution in [1.82, 2.24) is 4.90 Å². The van der Waals surface area contributed by atoms with E-state index >= 15 is 0 Å². The maximum Gasteiger partial charge on any atom is 0.137 e. The van der Waals surface area contributed by atoms with Crippen LogP contribution in [0.4, 0.5) is 0 Å². The third-order valence-electron chi connectivity index (χ3n) is 3.86. The third-order valence-corrected chi connectivity index (χ3v) is 3.86. The van der Waals surface area contributed by atoms with Crippen LogP contribution in [-0.4, -0.2) is 30.3 Å². The van der Waals surface area contributed by atoms with Crippen molar-refractivity contribution in [3.63, 3.8) is 0 Å². The fourth-order valence-corrected chi connectivity index (χ4v) is 2.88. The molecule has 0 N–H and O–H groups in total. The van der Waals surface area contributed by atoms with E-state index in [-0.39, 0.29) is 0 Å². The van der Waals surface area contributed by atoms with Gasteiger partial charge in [0.1, 0.15) is 5.78 Å². The molecule has 2 aliphatic rings. The molecule has 1 saturated heterocycles. The van der Waals surface area contributed by atoms with Crippen LogP contribution in [0, 0.1) is 5.92 Å². The van der Waals surface area contributed by atoms with Gasteiger partial charge in [0.25, 0.3) is 0 Å². The van der Waals surface area contributed by atoms with Crippen molar-refractivity contribution in [3.05, 3.63) is 0 Å². The number of piperidine rings is 1. The lowest BCUT2D eigenvalue weighted by molar-refractivity contribution is -0.123. The molecule has 1 aliphatic heterocycles. The second kappa shape index (κ2) is 5.64. The van der Waals surface area contributed by atoms with Crippen molar-refractivity contribution in [2.24, 2.45) is 5.92 Å². The van der Waals surface area contributed by atoms with Crippen LogP contribution in [0.1, 0.15) is 51.4 Å². The fraction of sp³-hybridized carbons (Fsp3) is 0.923. The molecule has 1 heterocycles. The number of Topliss-reactive ketones (excluding diaryl/α,β-unsaturated/α-hetero) is 1. The van der Waals surface area contributed by atoms with Gasteiger partial charge in [-0.05, 0) is 38.8 Å². The lowest BCUT2D eigenvalue weighted by atomic mass is 9.97. The molecule has 86 valence electrons. The normalized spacial score (nSPS) is 30.1. The Labute approximate surface area is 93.0 Å². The second-order valence-electron chi connectivity index (χ2n) is 5.12. The predicted octanol–water partition coefficient (Wildman–Crippen LogP) is 2.62. The van der Waals surface area contributed by atoms with Gasteiger partial charge in [-0.15, -0.1) is 0 Å². The second-order valence-corrected chi connectivity index (χ2v) is 5.12. The average Bonchev–Trinajstić information content (AvgIpc) is 2.46. The number of hydrogen-bond donors (Lipinski definition) is 0. The molecule has 2 heteroatoms. The van der Waals surface area contributed by atoms with Crippen LogP contribution in [0.25, 0.3) is 0 Å². The highest BCUT2D eigenvalue weighted by Crippen LogP contribution is 2.22. The third kappa shape index (κ3) is 3.30. The van der Waals surface area contributed by atoms with Gasteiger partial charge in [0.2, 0.25) is 0 Å². The van der Waals surface area contributed by atoms with E-state index in [0.717, 1.165) is 25.8 Å². The highest BCUT2D eigenvalue weighted by Gasteiger charge is 2.23. The Kier molecular flexibility index (Phi) is 4.18. The summed E-state index contributed by atoms with van der Waals surface area (Å²) in [5.74, 6) is 0.906. The van der Waals surface area contributed by atoms with Gasteiger partial charge < -0.3 is 4.90 Å². The SMILES string of the molecule is O=C1CCCCC[C@@H]1CN1CCCCC1. The summed E-state index contributed by atoms with van der Waals surface area (Å²) in [5.41, 5.74) is 0. The van der Waals surface area contributed by atoms with E-state index in [1.807, 2.05) is 0 Å². The van der Waals surface area contributed by atoms with E-state index in [1.54, 1.807) is 0 Å². The first-order chi connectivity index (χ1) is 7.36. The summed E-state index contributed by atoms with van der Waals surface area (Å²) in [6.45, 7) is 3.51. The number of rotatable bonds is 2. The summed E-state index contributed by atoms with van der Waals surface area (Å²) < 4.78 is 0. The van der Waals surface area contributed by atoms with Crippen LogP contribution in [0.2, 0.25) is 0 Å². The Morgan fingerprint density at radius 2 is 1.73 bits per heavy atom. The molecule has 15 heavy (non-hydrogen) atoms. The minimum Gasteiger partial charge on any atom is -0.303 e. The van der Waals surface area contributed by atoms with Gasteiger partial charge in [-0.2, -0.15) is 0 Å². The summed E-state index contributed by atoms with van der Waals surface area (Å²) in [4.78, 5) is 14.4. The molecule has 2 fully saturated rings. The molecule has 1 saturated carbocycles. The van der Waals surface area contributed by atoms with Gasteiger partial charge in [-0.1, -0.05) is 19.3 Å². The van der Waals surface area contributed by atoms with Crippen LogP contribution >= 0.6 is 0 Å². The van der Waals surface area contributed by atoms with Gasteiger partial charge >= 0.3 is 0 Å². The number of likely N-dealkylation sites (tertiary alicyclic amines) is 1. The Hall–Kier alpha value is -0.370. The summed E-state index contributed by atoms with van der Waals surface area (Å²) in [6, 6.07) is 0. The minimum atomic E-state index is 0.366. The lowest BCUT2D eigenvalue weighted by Crippen LogP contribution is -2.36. The van der Waals surface area contributed by atoms with E-state index in [4.69, 9.17) is 0 Å². The van der Waals surface area contributed by atoms with Crippen LogP contribution in [0.15, 0.2) is 0 Å². The largest absolute Gasteiger partial charge is 0.303 e. The van der Waals surface area contributed by atoms with E-state index in [0.29, 0.717) is 11.7 Å². The highest BCUT2D eigenvalue weighted by molar-refractivity contribution is 5.81. The molecule has 0 amide bonds. The van der Waals surface area contributed by atoms with Crippen molar-refractivity contribution >= 4 is 5.78 Å². The summed E-state index contributed by atoms with van der Waals surface area (Å²) >= 11 is 0. The van der Waals surface area contributed by atoms with Crippen molar-refractivity contribution in [2.75, 3.05) is 19.6 Å². The Balaban J connectivity index is 1.82. The van der Waals surface area contributed by atoms with E-state index in [1.165, 1.54) is 45.2 Å². The predicted molar refractivity (Wildman–Crippen MR) is 61.9 cm³/mol. The van der Waals surface area contributed by atoms with Crippen LogP contribution < -0.4 is 0 Å². The smallest absolute Gasteiger partial charge is 0.137 e. The topological polar surface area (TPSA) is 20.3 Å². The first-order valence-corrected chi connectivity index (χ1v) is 6.61. The van der Waals surface area contributed by atoms with Crippen LogP contribution in [0.5, 0.6) is 0 Å². The molecule has 0 spiro atoms. The zero-order chi connectivity index (χ0) is 10.5. The van der Waals surface area contributed by atoms with E-state index in [9.17, 15) is 4.79 Å². The monoisotopic (exact) mass is 209 g/mol. The Morgan fingerprint density at radius 3 is 2.53 bits per heavy atom. The number of ketones is 1. The van der Waals surface area contributed by atoms with Crippen molar-refractivity contribution < 1.29 is 4.79 Å². The minimum absolute atomic E-state index is 0.366. The average molecular weight is 209 g/mol. The summed E-state index contributed by atoms with van der Waals surface area (Å²) in [5, 5.41) is 0. The molecular formula is C13H23NO. The first-order valence-electron chi connectivity index (χ1n) is 6.61. The molecule has 1 atom stereocenters.